The number of halogens is 2. The van der Waals surface area contributed by atoms with Crippen LogP contribution in [0.3, 0.4) is 0 Å². The van der Waals surface area contributed by atoms with Gasteiger partial charge in [0.05, 0.1) is 0 Å². The number of benzene rings is 1. The molecule has 2 aromatic rings. The number of hydrogen-bond acceptors (Lipinski definition) is 3. The van der Waals surface area contributed by atoms with Gasteiger partial charge in [0.15, 0.2) is 5.82 Å². The van der Waals surface area contributed by atoms with E-state index in [0.29, 0.717) is 15.9 Å². The molecule has 5 heteroatoms. The second-order valence-corrected chi connectivity index (χ2v) is 4.93. The Morgan fingerprint density at radius 1 is 1.17 bits per heavy atom. The minimum Gasteiger partial charge on any atom is -0.373 e. The van der Waals surface area contributed by atoms with E-state index in [-0.39, 0.29) is 5.82 Å². The first kappa shape index (κ1) is 13.0. The van der Waals surface area contributed by atoms with Crippen molar-refractivity contribution in [3.05, 3.63) is 39.7 Å². The topological polar surface area (TPSA) is 37.8 Å². The average Bonchev–Trinajstić information content (AvgIpc) is 2.31. The van der Waals surface area contributed by atoms with Crippen molar-refractivity contribution in [2.45, 2.75) is 13.8 Å². The number of nitrogens with zero attached hydrogens (tertiary/aromatic N) is 2. The summed E-state index contributed by atoms with van der Waals surface area (Å²) in [6.07, 6.45) is 0. The van der Waals surface area contributed by atoms with Gasteiger partial charge >= 0.3 is 0 Å². The molecule has 0 saturated heterocycles. The molecule has 0 bridgehead atoms. The Bertz CT molecular complexity index is 579. The summed E-state index contributed by atoms with van der Waals surface area (Å²) >= 11 is 3.27. The number of aromatic nitrogens is 2. The van der Waals surface area contributed by atoms with Crippen LogP contribution in [-0.4, -0.2) is 17.0 Å². The number of aryl methyl sites for hydroxylation is 1. The zero-order valence-corrected chi connectivity index (χ0v) is 12.0. The smallest absolute Gasteiger partial charge is 0.161 e. The first-order chi connectivity index (χ1) is 8.51. The molecule has 0 radical (unpaired) electrons. The SMILES string of the molecule is CNc1nc(-c2cc(F)cc(Br)c2)nc(C)c1C. The molecule has 1 aromatic carbocycles. The largest absolute Gasteiger partial charge is 0.373 e. The predicted molar refractivity (Wildman–Crippen MR) is 74.1 cm³/mol. The quantitative estimate of drug-likeness (QED) is 0.919. The fourth-order valence-corrected chi connectivity index (χ4v) is 2.15. The van der Waals surface area contributed by atoms with Gasteiger partial charge in [-0.3, -0.25) is 0 Å². The van der Waals surface area contributed by atoms with E-state index in [1.54, 1.807) is 13.1 Å². The molecule has 0 aliphatic rings. The van der Waals surface area contributed by atoms with Crippen molar-refractivity contribution in [2.75, 3.05) is 12.4 Å². The molecule has 3 nitrogen and oxygen atoms in total. The van der Waals surface area contributed by atoms with Crippen molar-refractivity contribution < 1.29 is 4.39 Å². The fraction of sp³-hybridized carbons (Fsp3) is 0.231. The highest BCUT2D eigenvalue weighted by Gasteiger charge is 2.10. The summed E-state index contributed by atoms with van der Waals surface area (Å²) in [5.41, 5.74) is 2.53. The van der Waals surface area contributed by atoms with Gasteiger partial charge in [-0.15, -0.1) is 0 Å². The Hall–Kier alpha value is -1.49. The van der Waals surface area contributed by atoms with Crippen LogP contribution in [0.4, 0.5) is 10.2 Å². The second kappa shape index (κ2) is 5.02. The van der Waals surface area contributed by atoms with Crippen molar-refractivity contribution in [3.8, 4) is 11.4 Å². The fourth-order valence-electron chi connectivity index (χ4n) is 1.68. The summed E-state index contributed by atoms with van der Waals surface area (Å²) in [5.74, 6) is 0.966. The van der Waals surface area contributed by atoms with Crippen LogP contribution in [0.5, 0.6) is 0 Å². The number of nitrogens with one attached hydrogen (secondary N) is 1. The van der Waals surface area contributed by atoms with E-state index in [4.69, 9.17) is 0 Å². The molecule has 0 fully saturated rings. The van der Waals surface area contributed by atoms with Crippen molar-refractivity contribution in [1.29, 1.82) is 0 Å². The van der Waals surface area contributed by atoms with E-state index in [1.807, 2.05) is 13.8 Å². The third-order valence-corrected chi connectivity index (χ3v) is 3.20. The van der Waals surface area contributed by atoms with E-state index in [1.165, 1.54) is 12.1 Å². The molecule has 0 unspecified atom stereocenters. The van der Waals surface area contributed by atoms with E-state index >= 15 is 0 Å². The minimum absolute atomic E-state index is 0.313. The molecule has 18 heavy (non-hydrogen) atoms. The highest BCUT2D eigenvalue weighted by atomic mass is 79.9. The molecule has 1 aromatic heterocycles. The first-order valence-electron chi connectivity index (χ1n) is 5.50. The lowest BCUT2D eigenvalue weighted by atomic mass is 10.2. The molecule has 0 amide bonds. The number of anilines is 1. The molecule has 1 N–H and O–H groups in total. The van der Waals surface area contributed by atoms with Gasteiger partial charge in [-0.2, -0.15) is 0 Å². The van der Waals surface area contributed by atoms with E-state index < -0.39 is 0 Å². The normalized spacial score (nSPS) is 10.5. The average molecular weight is 310 g/mol. The third kappa shape index (κ3) is 2.51. The second-order valence-electron chi connectivity index (χ2n) is 4.01. The van der Waals surface area contributed by atoms with Gasteiger partial charge in [0.25, 0.3) is 0 Å². The molecule has 94 valence electrons. The molecular weight excluding hydrogens is 297 g/mol. The highest BCUT2D eigenvalue weighted by Crippen LogP contribution is 2.25. The van der Waals surface area contributed by atoms with Gasteiger partial charge in [-0.05, 0) is 32.0 Å². The van der Waals surface area contributed by atoms with Crippen LogP contribution >= 0.6 is 15.9 Å². The summed E-state index contributed by atoms with van der Waals surface area (Å²) < 4.78 is 14.0. The Balaban J connectivity index is 2.60. The Morgan fingerprint density at radius 3 is 2.50 bits per heavy atom. The maximum atomic E-state index is 13.4. The molecule has 0 atom stereocenters. The summed E-state index contributed by atoms with van der Waals surface area (Å²) in [6.45, 7) is 3.86. The van der Waals surface area contributed by atoms with Crippen LogP contribution in [0.2, 0.25) is 0 Å². The van der Waals surface area contributed by atoms with Gasteiger partial charge in [0, 0.05) is 28.3 Å². The molecule has 1 heterocycles. The highest BCUT2D eigenvalue weighted by molar-refractivity contribution is 9.10. The number of rotatable bonds is 2. The van der Waals surface area contributed by atoms with Gasteiger partial charge in [-0.25, -0.2) is 14.4 Å². The standard InChI is InChI=1S/C13H13BrFN3/c1-7-8(2)17-13(18-12(7)16-3)9-4-10(14)6-11(15)5-9/h4-6H,1-3H3,(H,16,17,18). The van der Waals surface area contributed by atoms with Crippen LogP contribution in [0, 0.1) is 19.7 Å². The Labute approximate surface area is 114 Å². The Kier molecular flexibility index (Phi) is 3.61. The van der Waals surface area contributed by atoms with Crippen molar-refractivity contribution >= 4 is 21.7 Å². The summed E-state index contributed by atoms with van der Waals surface area (Å²) in [5, 5.41) is 3.02. The van der Waals surface area contributed by atoms with Gasteiger partial charge in [0.2, 0.25) is 0 Å². The molecule has 0 spiro atoms. The van der Waals surface area contributed by atoms with Gasteiger partial charge < -0.3 is 5.32 Å². The molecule has 0 saturated carbocycles. The molecule has 0 aliphatic carbocycles. The number of hydrogen-bond donors (Lipinski definition) is 1. The van der Waals surface area contributed by atoms with E-state index in [9.17, 15) is 4.39 Å². The molecular formula is C13H13BrFN3. The van der Waals surface area contributed by atoms with E-state index in [2.05, 4.69) is 31.2 Å². The predicted octanol–water partition coefficient (Wildman–Crippen LogP) is 3.70. The van der Waals surface area contributed by atoms with Crippen LogP contribution in [0.25, 0.3) is 11.4 Å². The monoisotopic (exact) mass is 309 g/mol. The summed E-state index contributed by atoms with van der Waals surface area (Å²) in [4.78, 5) is 8.79. The summed E-state index contributed by atoms with van der Waals surface area (Å²) in [6, 6.07) is 4.63. The maximum absolute atomic E-state index is 13.4. The van der Waals surface area contributed by atoms with E-state index in [0.717, 1.165) is 17.1 Å². The minimum atomic E-state index is -0.313. The zero-order chi connectivity index (χ0) is 13.3. The van der Waals surface area contributed by atoms with Gasteiger partial charge in [-0.1, -0.05) is 15.9 Å². The lowest BCUT2D eigenvalue weighted by molar-refractivity contribution is 0.627. The van der Waals surface area contributed by atoms with Crippen LogP contribution in [-0.2, 0) is 0 Å². The molecule has 2 rings (SSSR count). The third-order valence-electron chi connectivity index (χ3n) is 2.75. The zero-order valence-electron chi connectivity index (χ0n) is 10.4. The lowest BCUT2D eigenvalue weighted by Gasteiger charge is -2.10. The lowest BCUT2D eigenvalue weighted by Crippen LogP contribution is -2.02. The van der Waals surface area contributed by atoms with Gasteiger partial charge in [0.1, 0.15) is 11.6 Å². The Morgan fingerprint density at radius 2 is 1.89 bits per heavy atom. The van der Waals surface area contributed by atoms with Crippen molar-refractivity contribution in [3.63, 3.8) is 0 Å². The van der Waals surface area contributed by atoms with Crippen LogP contribution in [0.15, 0.2) is 22.7 Å². The van der Waals surface area contributed by atoms with Crippen molar-refractivity contribution in [1.82, 2.24) is 9.97 Å². The van der Waals surface area contributed by atoms with Crippen LogP contribution < -0.4 is 5.32 Å². The summed E-state index contributed by atoms with van der Waals surface area (Å²) in [7, 11) is 1.81. The first-order valence-corrected chi connectivity index (χ1v) is 6.30. The van der Waals surface area contributed by atoms with Crippen molar-refractivity contribution in [2.24, 2.45) is 0 Å². The maximum Gasteiger partial charge on any atom is 0.161 e. The van der Waals surface area contributed by atoms with Crippen LogP contribution in [0.1, 0.15) is 11.3 Å². The molecule has 0 aliphatic heterocycles.